The summed E-state index contributed by atoms with van der Waals surface area (Å²) in [5.74, 6) is -0.965. The number of nitrogens with one attached hydrogen (secondary N) is 1. The molecule has 0 bridgehead atoms. The van der Waals surface area contributed by atoms with Gasteiger partial charge in [0.2, 0.25) is 15.9 Å². The van der Waals surface area contributed by atoms with Gasteiger partial charge in [-0.2, -0.15) is 0 Å². The highest BCUT2D eigenvalue weighted by atomic mass is 32.2. The number of anilines is 1. The van der Waals surface area contributed by atoms with Gasteiger partial charge in [0, 0.05) is 40.2 Å². The molecular weight excluding hydrogens is 412 g/mol. The standard InChI is InChI=1S/C21H27F2N3O3S/c1-25(20-8-4-3-7-19(20)23)15-6-14-24-21(27)9-5-16-26(2)30(28,29)18-12-10-17(22)11-13-18/h3-4,7-8,10-13H,5-6,9,14-16H2,1-2H3,(H,24,27). The average Bonchev–Trinajstić information content (AvgIpc) is 2.71. The predicted octanol–water partition coefficient (Wildman–Crippen LogP) is 3.01. The van der Waals surface area contributed by atoms with Crippen LogP contribution in [0.3, 0.4) is 0 Å². The number of carbonyl (C=O) groups excluding carboxylic acids is 1. The Bertz CT molecular complexity index is 937. The topological polar surface area (TPSA) is 69.7 Å². The summed E-state index contributed by atoms with van der Waals surface area (Å²) in [5.41, 5.74) is 0.509. The first kappa shape index (κ1) is 23.8. The maximum Gasteiger partial charge on any atom is 0.242 e. The summed E-state index contributed by atoms with van der Waals surface area (Å²) in [6.07, 6.45) is 1.19. The van der Waals surface area contributed by atoms with Crippen molar-refractivity contribution in [2.24, 2.45) is 0 Å². The summed E-state index contributed by atoms with van der Waals surface area (Å²) >= 11 is 0. The van der Waals surface area contributed by atoms with Gasteiger partial charge in [0.25, 0.3) is 0 Å². The Morgan fingerprint density at radius 2 is 1.63 bits per heavy atom. The van der Waals surface area contributed by atoms with Crippen molar-refractivity contribution in [3.63, 3.8) is 0 Å². The SMILES string of the molecule is CN(CCCNC(=O)CCCN(C)S(=O)(=O)c1ccc(F)cc1)c1ccccc1F. The number of sulfonamides is 1. The fraction of sp³-hybridized carbons (Fsp3) is 0.381. The van der Waals surface area contributed by atoms with Crippen LogP contribution in [-0.4, -0.2) is 52.4 Å². The molecule has 1 N–H and O–H groups in total. The molecule has 2 aromatic carbocycles. The Balaban J connectivity index is 1.67. The highest BCUT2D eigenvalue weighted by Crippen LogP contribution is 2.17. The van der Waals surface area contributed by atoms with Crippen LogP contribution in [0, 0.1) is 11.6 Å². The van der Waals surface area contributed by atoms with Crippen LogP contribution in [0.4, 0.5) is 14.5 Å². The van der Waals surface area contributed by atoms with Crippen molar-refractivity contribution in [1.82, 2.24) is 9.62 Å². The van der Waals surface area contributed by atoms with Gasteiger partial charge in [-0.1, -0.05) is 12.1 Å². The molecule has 0 fully saturated rings. The third-order valence-electron chi connectivity index (χ3n) is 4.65. The van der Waals surface area contributed by atoms with Crippen molar-refractivity contribution in [3.8, 4) is 0 Å². The van der Waals surface area contributed by atoms with Crippen LogP contribution in [0.5, 0.6) is 0 Å². The van der Waals surface area contributed by atoms with Crippen LogP contribution in [0.2, 0.25) is 0 Å². The fourth-order valence-electron chi connectivity index (χ4n) is 2.88. The van der Waals surface area contributed by atoms with Crippen molar-refractivity contribution in [2.75, 3.05) is 38.6 Å². The van der Waals surface area contributed by atoms with E-state index in [0.717, 1.165) is 16.4 Å². The van der Waals surface area contributed by atoms with Crippen molar-refractivity contribution >= 4 is 21.6 Å². The molecule has 6 nitrogen and oxygen atoms in total. The molecule has 0 spiro atoms. The Labute approximate surface area is 176 Å². The van der Waals surface area contributed by atoms with E-state index >= 15 is 0 Å². The molecule has 0 saturated heterocycles. The van der Waals surface area contributed by atoms with Crippen molar-refractivity contribution in [3.05, 3.63) is 60.2 Å². The number of para-hydroxylation sites is 1. The number of nitrogens with zero attached hydrogens (tertiary/aromatic N) is 2. The number of hydrogen-bond acceptors (Lipinski definition) is 4. The van der Waals surface area contributed by atoms with E-state index in [1.165, 1.54) is 25.2 Å². The lowest BCUT2D eigenvalue weighted by Crippen LogP contribution is -2.31. The highest BCUT2D eigenvalue weighted by Gasteiger charge is 2.20. The molecule has 0 aromatic heterocycles. The van der Waals surface area contributed by atoms with E-state index in [-0.39, 0.29) is 29.6 Å². The second-order valence-electron chi connectivity index (χ2n) is 6.96. The third-order valence-corrected chi connectivity index (χ3v) is 6.53. The molecular formula is C21H27F2N3O3S. The number of rotatable bonds is 11. The maximum absolute atomic E-state index is 13.7. The van der Waals surface area contributed by atoms with E-state index in [0.29, 0.717) is 31.6 Å². The largest absolute Gasteiger partial charge is 0.372 e. The minimum Gasteiger partial charge on any atom is -0.372 e. The first-order valence-corrected chi connectivity index (χ1v) is 11.1. The summed E-state index contributed by atoms with van der Waals surface area (Å²) in [4.78, 5) is 13.8. The summed E-state index contributed by atoms with van der Waals surface area (Å²) < 4.78 is 52.7. The monoisotopic (exact) mass is 439 g/mol. The minimum atomic E-state index is -3.72. The zero-order valence-electron chi connectivity index (χ0n) is 17.1. The second kappa shape index (κ2) is 11.0. The molecule has 164 valence electrons. The third kappa shape index (κ3) is 6.77. The Morgan fingerprint density at radius 3 is 2.30 bits per heavy atom. The molecule has 0 atom stereocenters. The van der Waals surface area contributed by atoms with E-state index in [4.69, 9.17) is 0 Å². The molecule has 1 amide bonds. The number of halogens is 2. The van der Waals surface area contributed by atoms with E-state index in [1.807, 2.05) is 0 Å². The molecule has 0 aliphatic rings. The molecule has 0 unspecified atom stereocenters. The summed E-state index contributed by atoms with van der Waals surface area (Å²) in [7, 11) is -0.500. The number of carbonyl (C=O) groups is 1. The molecule has 0 heterocycles. The van der Waals surface area contributed by atoms with Gasteiger partial charge in [-0.05, 0) is 49.2 Å². The van der Waals surface area contributed by atoms with Gasteiger partial charge in [-0.25, -0.2) is 21.5 Å². The molecule has 0 aliphatic heterocycles. The van der Waals surface area contributed by atoms with E-state index in [1.54, 1.807) is 30.1 Å². The van der Waals surface area contributed by atoms with Gasteiger partial charge < -0.3 is 10.2 Å². The maximum atomic E-state index is 13.7. The highest BCUT2D eigenvalue weighted by molar-refractivity contribution is 7.89. The molecule has 0 radical (unpaired) electrons. The van der Waals surface area contributed by atoms with Crippen LogP contribution in [0.15, 0.2) is 53.4 Å². The molecule has 30 heavy (non-hydrogen) atoms. The normalized spacial score (nSPS) is 11.5. The summed E-state index contributed by atoms with van der Waals surface area (Å²) in [6.45, 7) is 1.20. The predicted molar refractivity (Wildman–Crippen MR) is 113 cm³/mol. The van der Waals surface area contributed by atoms with E-state index in [9.17, 15) is 22.0 Å². The number of benzene rings is 2. The second-order valence-corrected chi connectivity index (χ2v) is 9.01. The van der Waals surface area contributed by atoms with Crippen LogP contribution in [0.1, 0.15) is 19.3 Å². The van der Waals surface area contributed by atoms with Crippen molar-refractivity contribution in [1.29, 1.82) is 0 Å². The van der Waals surface area contributed by atoms with E-state index < -0.39 is 15.8 Å². The van der Waals surface area contributed by atoms with Gasteiger partial charge in [-0.3, -0.25) is 4.79 Å². The minimum absolute atomic E-state index is 0.00910. The van der Waals surface area contributed by atoms with Gasteiger partial charge >= 0.3 is 0 Å². The van der Waals surface area contributed by atoms with E-state index in [2.05, 4.69) is 5.32 Å². The summed E-state index contributed by atoms with van der Waals surface area (Å²) in [5, 5.41) is 2.79. The molecule has 0 saturated carbocycles. The first-order chi connectivity index (χ1) is 14.2. The van der Waals surface area contributed by atoms with Crippen molar-refractivity contribution < 1.29 is 22.0 Å². The lowest BCUT2D eigenvalue weighted by atomic mass is 10.2. The lowest BCUT2D eigenvalue weighted by Gasteiger charge is -2.20. The van der Waals surface area contributed by atoms with Gasteiger partial charge in [0.15, 0.2) is 0 Å². The number of amides is 1. The summed E-state index contributed by atoms with van der Waals surface area (Å²) in [6, 6.07) is 11.1. The first-order valence-electron chi connectivity index (χ1n) is 9.66. The van der Waals surface area contributed by atoms with Crippen molar-refractivity contribution in [2.45, 2.75) is 24.2 Å². The molecule has 2 aromatic rings. The average molecular weight is 440 g/mol. The smallest absolute Gasteiger partial charge is 0.242 e. The van der Waals surface area contributed by atoms with Gasteiger partial charge in [0.1, 0.15) is 11.6 Å². The Kier molecular flexibility index (Phi) is 8.73. The molecule has 0 aliphatic carbocycles. The lowest BCUT2D eigenvalue weighted by molar-refractivity contribution is -0.121. The fourth-order valence-corrected chi connectivity index (χ4v) is 4.09. The molecule has 2 rings (SSSR count). The van der Waals surface area contributed by atoms with Crippen LogP contribution in [-0.2, 0) is 14.8 Å². The van der Waals surface area contributed by atoms with Crippen LogP contribution < -0.4 is 10.2 Å². The zero-order chi connectivity index (χ0) is 22.1. The van der Waals surface area contributed by atoms with Gasteiger partial charge in [-0.15, -0.1) is 0 Å². The quantitative estimate of drug-likeness (QED) is 0.547. The zero-order valence-corrected chi connectivity index (χ0v) is 18.0. The Hall–Kier alpha value is -2.52. The Morgan fingerprint density at radius 1 is 0.967 bits per heavy atom. The van der Waals surface area contributed by atoms with Crippen LogP contribution >= 0.6 is 0 Å². The molecule has 9 heteroatoms. The van der Waals surface area contributed by atoms with Gasteiger partial charge in [0.05, 0.1) is 10.6 Å². The van der Waals surface area contributed by atoms with Crippen LogP contribution in [0.25, 0.3) is 0 Å². The number of hydrogen-bond donors (Lipinski definition) is 1.